The highest BCUT2D eigenvalue weighted by Gasteiger charge is 2.13. The number of hydrogen-bond donors (Lipinski definition) is 1. The molecule has 0 fully saturated rings. The van der Waals surface area contributed by atoms with Crippen LogP contribution >= 0.6 is 11.6 Å². The van der Waals surface area contributed by atoms with E-state index in [0.717, 1.165) is 22.0 Å². The lowest BCUT2D eigenvalue weighted by Crippen LogP contribution is -2.13. The smallest absolute Gasteiger partial charge is 0.266 e. The van der Waals surface area contributed by atoms with Gasteiger partial charge in [-0.25, -0.2) is 4.39 Å². The summed E-state index contributed by atoms with van der Waals surface area (Å²) in [7, 11) is 0. The summed E-state index contributed by atoms with van der Waals surface area (Å²) < 4.78 is 15.2. The van der Waals surface area contributed by atoms with Crippen LogP contribution in [0.15, 0.2) is 84.6 Å². The van der Waals surface area contributed by atoms with Crippen molar-refractivity contribution in [2.75, 3.05) is 5.32 Å². The average Bonchev–Trinajstić information content (AvgIpc) is 3.12. The third-order valence-corrected chi connectivity index (χ3v) is 5.10. The van der Waals surface area contributed by atoms with E-state index in [1.54, 1.807) is 42.5 Å². The van der Waals surface area contributed by atoms with Gasteiger partial charge in [0.05, 0.1) is 0 Å². The Bertz CT molecular complexity index is 1320. The van der Waals surface area contributed by atoms with Crippen molar-refractivity contribution >= 4 is 40.2 Å². The van der Waals surface area contributed by atoms with Gasteiger partial charge in [-0.15, -0.1) is 0 Å². The third-order valence-electron chi connectivity index (χ3n) is 4.85. The molecule has 0 aliphatic heterocycles. The molecule has 0 aliphatic carbocycles. The minimum absolute atomic E-state index is 0.0142. The summed E-state index contributed by atoms with van der Waals surface area (Å²) >= 11 is 5.87. The molecule has 0 spiro atoms. The molecule has 0 aliphatic rings. The monoisotopic (exact) mass is 429 g/mol. The summed E-state index contributed by atoms with van der Waals surface area (Å²) in [5.41, 5.74) is 3.18. The maximum atomic E-state index is 13.2. The van der Waals surface area contributed by atoms with E-state index in [2.05, 4.69) is 5.32 Å². The van der Waals surface area contributed by atoms with E-state index in [1.165, 1.54) is 12.1 Å². The second-order valence-corrected chi connectivity index (χ2v) is 7.42. The Labute approximate surface area is 183 Å². The molecule has 1 heterocycles. The molecule has 0 saturated heterocycles. The summed E-state index contributed by atoms with van der Waals surface area (Å²) in [5.74, 6) is -0.782. The third kappa shape index (κ3) is 4.66. The first-order valence-electron chi connectivity index (χ1n) is 9.54. The fourth-order valence-corrected chi connectivity index (χ4v) is 3.47. The highest BCUT2D eigenvalue weighted by molar-refractivity contribution is 6.30. The molecule has 31 heavy (non-hydrogen) atoms. The number of nitrogens with one attached hydrogen (secondary N) is 1. The lowest BCUT2D eigenvalue weighted by molar-refractivity contribution is -0.112. The predicted octanol–water partition coefficient (Wildman–Crippen LogP) is 6.03. The number of carbonyl (C=O) groups is 1. The van der Waals surface area contributed by atoms with E-state index in [9.17, 15) is 14.4 Å². The van der Waals surface area contributed by atoms with Gasteiger partial charge in [0, 0.05) is 39.9 Å². The van der Waals surface area contributed by atoms with Crippen LogP contribution in [0.25, 0.3) is 17.0 Å². The number of benzene rings is 3. The lowest BCUT2D eigenvalue weighted by Gasteiger charge is -2.05. The highest BCUT2D eigenvalue weighted by atomic mass is 35.5. The molecular weight excluding hydrogens is 413 g/mol. The van der Waals surface area contributed by atoms with Crippen molar-refractivity contribution in [1.82, 2.24) is 4.57 Å². The number of rotatable bonds is 5. The zero-order valence-corrected chi connectivity index (χ0v) is 17.1. The minimum Gasteiger partial charge on any atom is -0.342 e. The number of nitriles is 1. The van der Waals surface area contributed by atoms with Crippen LogP contribution in [0.3, 0.4) is 0 Å². The molecule has 6 heteroatoms. The van der Waals surface area contributed by atoms with E-state index < -0.39 is 5.91 Å². The van der Waals surface area contributed by atoms with Crippen molar-refractivity contribution in [3.8, 4) is 6.07 Å². The molecule has 1 amide bonds. The number of anilines is 1. The molecule has 4 aromatic rings. The van der Waals surface area contributed by atoms with Gasteiger partial charge in [-0.3, -0.25) is 4.79 Å². The second-order valence-electron chi connectivity index (χ2n) is 6.99. The molecule has 4 rings (SSSR count). The Kier molecular flexibility index (Phi) is 5.83. The van der Waals surface area contributed by atoms with Crippen molar-refractivity contribution in [1.29, 1.82) is 5.26 Å². The van der Waals surface area contributed by atoms with Gasteiger partial charge < -0.3 is 9.88 Å². The Balaban J connectivity index is 1.66. The van der Waals surface area contributed by atoms with Crippen LogP contribution in [0.1, 0.15) is 11.1 Å². The molecule has 0 bridgehead atoms. The largest absolute Gasteiger partial charge is 0.342 e. The van der Waals surface area contributed by atoms with Gasteiger partial charge >= 0.3 is 0 Å². The van der Waals surface area contributed by atoms with Crippen LogP contribution in [-0.4, -0.2) is 10.5 Å². The van der Waals surface area contributed by atoms with E-state index in [0.29, 0.717) is 17.3 Å². The molecule has 1 N–H and O–H groups in total. The molecular formula is C25H17ClFN3O. The Morgan fingerprint density at radius 3 is 2.48 bits per heavy atom. The minimum atomic E-state index is -0.500. The fraction of sp³-hybridized carbons (Fsp3) is 0.0400. The fourth-order valence-electron chi connectivity index (χ4n) is 3.34. The molecule has 0 unspecified atom stereocenters. The predicted molar refractivity (Wildman–Crippen MR) is 121 cm³/mol. The molecule has 0 saturated carbocycles. The maximum Gasteiger partial charge on any atom is 0.266 e. The molecule has 3 aromatic carbocycles. The van der Waals surface area contributed by atoms with Gasteiger partial charge in [-0.05, 0) is 54.1 Å². The molecule has 0 radical (unpaired) electrons. The number of hydrogen-bond acceptors (Lipinski definition) is 2. The van der Waals surface area contributed by atoms with Crippen LogP contribution in [0.4, 0.5) is 10.1 Å². The number of amides is 1. The summed E-state index contributed by atoms with van der Waals surface area (Å²) in [6.45, 7) is 0.535. The van der Waals surface area contributed by atoms with Crippen LogP contribution in [0.5, 0.6) is 0 Å². The van der Waals surface area contributed by atoms with E-state index in [1.807, 2.05) is 41.1 Å². The Morgan fingerprint density at radius 2 is 1.77 bits per heavy atom. The van der Waals surface area contributed by atoms with Crippen molar-refractivity contribution in [2.45, 2.75) is 6.54 Å². The lowest BCUT2D eigenvalue weighted by atomic mass is 10.1. The summed E-state index contributed by atoms with van der Waals surface area (Å²) in [6.07, 6.45) is 3.47. The van der Waals surface area contributed by atoms with Gasteiger partial charge in [-0.2, -0.15) is 5.26 Å². The average molecular weight is 430 g/mol. The number of para-hydroxylation sites is 1. The second kappa shape index (κ2) is 8.86. The van der Waals surface area contributed by atoms with Crippen molar-refractivity contribution in [3.05, 3.63) is 107 Å². The normalized spacial score (nSPS) is 11.3. The summed E-state index contributed by atoms with van der Waals surface area (Å²) in [5, 5.41) is 13.8. The number of fused-ring (bicyclic) bond motifs is 1. The first-order chi connectivity index (χ1) is 15.0. The number of halogens is 2. The van der Waals surface area contributed by atoms with Crippen LogP contribution in [-0.2, 0) is 11.3 Å². The summed E-state index contributed by atoms with van der Waals surface area (Å²) in [4.78, 5) is 12.6. The SMILES string of the molecule is N#CC(=Cc1cn(Cc2ccc(F)cc2)c2ccccc12)C(=O)Nc1ccc(Cl)cc1. The number of aromatic nitrogens is 1. The van der Waals surface area contributed by atoms with Gasteiger partial charge in [0.15, 0.2) is 0 Å². The van der Waals surface area contributed by atoms with Crippen LogP contribution in [0.2, 0.25) is 5.02 Å². The summed E-state index contributed by atoms with van der Waals surface area (Å²) in [6, 6.07) is 22.7. The Morgan fingerprint density at radius 1 is 1.06 bits per heavy atom. The van der Waals surface area contributed by atoms with Crippen LogP contribution in [0, 0.1) is 17.1 Å². The zero-order valence-electron chi connectivity index (χ0n) is 16.3. The van der Waals surface area contributed by atoms with E-state index in [4.69, 9.17) is 11.6 Å². The molecule has 0 atom stereocenters. The van der Waals surface area contributed by atoms with Crippen LogP contribution < -0.4 is 5.32 Å². The van der Waals surface area contributed by atoms with Crippen molar-refractivity contribution in [3.63, 3.8) is 0 Å². The number of carbonyl (C=O) groups excluding carboxylic acids is 1. The Hall–Kier alpha value is -3.88. The van der Waals surface area contributed by atoms with Gasteiger partial charge in [0.1, 0.15) is 17.5 Å². The van der Waals surface area contributed by atoms with Gasteiger partial charge in [0.25, 0.3) is 5.91 Å². The van der Waals surface area contributed by atoms with Crippen molar-refractivity contribution in [2.24, 2.45) is 0 Å². The maximum absolute atomic E-state index is 13.2. The quantitative estimate of drug-likeness (QED) is 0.311. The molecule has 152 valence electrons. The van der Waals surface area contributed by atoms with Crippen molar-refractivity contribution < 1.29 is 9.18 Å². The zero-order chi connectivity index (χ0) is 21.8. The number of nitrogens with zero attached hydrogens (tertiary/aromatic N) is 2. The molecule has 4 nitrogen and oxygen atoms in total. The topological polar surface area (TPSA) is 57.8 Å². The standard InChI is InChI=1S/C25H17ClFN3O/c26-20-7-11-22(12-8-20)29-25(31)18(14-28)13-19-16-30(24-4-2-1-3-23(19)24)15-17-5-9-21(27)10-6-17/h1-13,16H,15H2,(H,29,31). The van der Waals surface area contributed by atoms with Gasteiger partial charge in [-0.1, -0.05) is 41.9 Å². The first kappa shape index (κ1) is 20.4. The first-order valence-corrected chi connectivity index (χ1v) is 9.92. The van der Waals surface area contributed by atoms with Gasteiger partial charge in [0.2, 0.25) is 0 Å². The van der Waals surface area contributed by atoms with E-state index in [-0.39, 0.29) is 11.4 Å². The highest BCUT2D eigenvalue weighted by Crippen LogP contribution is 2.25. The van der Waals surface area contributed by atoms with E-state index >= 15 is 0 Å². The molecule has 1 aromatic heterocycles.